The molecule has 0 aliphatic rings. The van der Waals surface area contributed by atoms with Gasteiger partial charge in [-0.15, -0.1) is 0 Å². The average Bonchev–Trinajstić information content (AvgIpc) is 3.07. The van der Waals surface area contributed by atoms with Crippen LogP contribution >= 0.6 is 0 Å². The number of pyridine rings is 1. The summed E-state index contributed by atoms with van der Waals surface area (Å²) in [5.41, 5.74) is 2.68. The predicted molar refractivity (Wildman–Crippen MR) is 99.4 cm³/mol. The smallest absolute Gasteiger partial charge is 0.276 e. The summed E-state index contributed by atoms with van der Waals surface area (Å²) >= 11 is 0. The van der Waals surface area contributed by atoms with Crippen molar-refractivity contribution in [3.63, 3.8) is 0 Å². The molecule has 3 aromatic heterocycles. The van der Waals surface area contributed by atoms with Gasteiger partial charge in [0, 0.05) is 18.7 Å². The number of carbonyl (C=O) groups excluding carboxylic acids is 1. The second kappa shape index (κ2) is 6.49. The number of benzene rings is 1. The predicted octanol–water partition coefficient (Wildman–Crippen LogP) is 2.54. The highest BCUT2D eigenvalue weighted by molar-refractivity contribution is 6.03. The van der Waals surface area contributed by atoms with Crippen LogP contribution in [0.25, 0.3) is 22.7 Å². The number of hydrogen-bond donors (Lipinski definition) is 1. The molecule has 3 heterocycles. The van der Waals surface area contributed by atoms with Gasteiger partial charge in [0.25, 0.3) is 11.5 Å². The topological polar surface area (TPSA) is 103 Å². The number of carbonyl (C=O) groups is 1. The molecule has 0 unspecified atom stereocenters. The van der Waals surface area contributed by atoms with Crippen LogP contribution in [0.15, 0.2) is 57.7 Å². The first kappa shape index (κ1) is 16.6. The van der Waals surface area contributed by atoms with E-state index in [1.165, 1.54) is 19.2 Å². The first-order valence-corrected chi connectivity index (χ1v) is 8.20. The first-order valence-electron chi connectivity index (χ1n) is 8.20. The number of oxazole rings is 1. The molecule has 0 aliphatic carbocycles. The lowest BCUT2D eigenvalue weighted by molar-refractivity contribution is 0.102. The summed E-state index contributed by atoms with van der Waals surface area (Å²) < 4.78 is 6.83. The maximum absolute atomic E-state index is 12.4. The van der Waals surface area contributed by atoms with Crippen molar-refractivity contribution in [3.05, 3.63) is 70.3 Å². The SMILES string of the molecule is Cc1nc2oc(-c3ccccc3)nc2cc1NC(=O)c1ccc(=O)n(C)n1. The van der Waals surface area contributed by atoms with E-state index in [0.717, 1.165) is 10.2 Å². The van der Waals surface area contributed by atoms with Gasteiger partial charge >= 0.3 is 0 Å². The van der Waals surface area contributed by atoms with E-state index < -0.39 is 5.91 Å². The average molecular weight is 361 g/mol. The highest BCUT2D eigenvalue weighted by Crippen LogP contribution is 2.26. The molecule has 0 spiro atoms. The molecule has 0 saturated heterocycles. The van der Waals surface area contributed by atoms with Gasteiger partial charge in [0.1, 0.15) is 11.2 Å². The van der Waals surface area contributed by atoms with Gasteiger partial charge < -0.3 is 9.73 Å². The molecule has 4 rings (SSSR count). The Labute approximate surface area is 153 Å². The summed E-state index contributed by atoms with van der Waals surface area (Å²) in [6.07, 6.45) is 0. The molecule has 1 aromatic carbocycles. The number of nitrogens with one attached hydrogen (secondary N) is 1. The van der Waals surface area contributed by atoms with E-state index >= 15 is 0 Å². The summed E-state index contributed by atoms with van der Waals surface area (Å²) in [7, 11) is 1.48. The van der Waals surface area contributed by atoms with Crippen molar-refractivity contribution in [3.8, 4) is 11.5 Å². The Morgan fingerprint density at radius 3 is 2.63 bits per heavy atom. The van der Waals surface area contributed by atoms with Gasteiger partial charge in [-0.25, -0.2) is 14.6 Å². The molecule has 8 nitrogen and oxygen atoms in total. The molecule has 4 aromatic rings. The molecule has 0 radical (unpaired) electrons. The minimum atomic E-state index is -0.443. The van der Waals surface area contributed by atoms with E-state index in [9.17, 15) is 9.59 Å². The Morgan fingerprint density at radius 2 is 1.89 bits per heavy atom. The minimum Gasteiger partial charge on any atom is -0.418 e. The van der Waals surface area contributed by atoms with Gasteiger partial charge in [0.15, 0.2) is 0 Å². The molecule has 1 N–H and O–H groups in total. The van der Waals surface area contributed by atoms with Gasteiger partial charge in [-0.3, -0.25) is 9.59 Å². The molecule has 0 fully saturated rings. The lowest BCUT2D eigenvalue weighted by Gasteiger charge is -2.07. The van der Waals surface area contributed by atoms with E-state index in [1.54, 1.807) is 13.0 Å². The lowest BCUT2D eigenvalue weighted by atomic mass is 10.2. The van der Waals surface area contributed by atoms with E-state index in [2.05, 4.69) is 20.4 Å². The highest BCUT2D eigenvalue weighted by atomic mass is 16.4. The summed E-state index contributed by atoms with van der Waals surface area (Å²) in [6, 6.07) is 13.9. The quantitative estimate of drug-likeness (QED) is 0.601. The molecule has 0 atom stereocenters. The second-order valence-electron chi connectivity index (χ2n) is 5.97. The summed E-state index contributed by atoms with van der Waals surface area (Å²) in [4.78, 5) is 32.7. The van der Waals surface area contributed by atoms with Crippen LogP contribution < -0.4 is 10.9 Å². The zero-order valence-corrected chi connectivity index (χ0v) is 14.6. The molecule has 0 aliphatic heterocycles. The van der Waals surface area contributed by atoms with Gasteiger partial charge in [0.2, 0.25) is 11.6 Å². The van der Waals surface area contributed by atoms with Gasteiger partial charge in [-0.2, -0.15) is 5.10 Å². The molecule has 27 heavy (non-hydrogen) atoms. The Morgan fingerprint density at radius 1 is 1.11 bits per heavy atom. The van der Waals surface area contributed by atoms with Crippen LogP contribution in [-0.2, 0) is 7.05 Å². The second-order valence-corrected chi connectivity index (χ2v) is 5.97. The van der Waals surface area contributed by atoms with Crippen molar-refractivity contribution in [2.75, 3.05) is 5.32 Å². The van der Waals surface area contributed by atoms with Crippen LogP contribution in [0.2, 0.25) is 0 Å². The van der Waals surface area contributed by atoms with Crippen molar-refractivity contribution in [1.29, 1.82) is 0 Å². The van der Waals surface area contributed by atoms with Crippen molar-refractivity contribution < 1.29 is 9.21 Å². The Bertz CT molecular complexity index is 1210. The van der Waals surface area contributed by atoms with E-state index in [0.29, 0.717) is 28.5 Å². The standard InChI is InChI=1S/C19H15N5O3/c1-11-14(21-17(26)13-8-9-16(25)24(2)23-13)10-15-19(20-11)27-18(22-15)12-6-4-3-5-7-12/h3-10H,1-2H3,(H,21,26). The Balaban J connectivity index is 1.67. The number of aryl methyl sites for hydroxylation is 2. The number of rotatable bonds is 3. The molecule has 134 valence electrons. The fourth-order valence-corrected chi connectivity index (χ4v) is 2.59. The van der Waals surface area contributed by atoms with E-state index in [1.807, 2.05) is 30.3 Å². The summed E-state index contributed by atoms with van der Waals surface area (Å²) in [5, 5.41) is 6.70. The fraction of sp³-hybridized carbons (Fsp3) is 0.105. The molecular weight excluding hydrogens is 346 g/mol. The molecular formula is C19H15N5O3. The number of nitrogens with zero attached hydrogens (tertiary/aromatic N) is 4. The van der Waals surface area contributed by atoms with Crippen LogP contribution in [-0.4, -0.2) is 25.7 Å². The van der Waals surface area contributed by atoms with Crippen LogP contribution in [0.4, 0.5) is 5.69 Å². The largest absolute Gasteiger partial charge is 0.418 e. The van der Waals surface area contributed by atoms with Crippen LogP contribution in [0, 0.1) is 6.92 Å². The Kier molecular flexibility index (Phi) is 4.00. The maximum atomic E-state index is 12.4. The number of aromatic nitrogens is 4. The Hall–Kier alpha value is -3.81. The van der Waals surface area contributed by atoms with Gasteiger partial charge in [0.05, 0.1) is 11.4 Å². The van der Waals surface area contributed by atoms with E-state index in [-0.39, 0.29) is 11.3 Å². The summed E-state index contributed by atoms with van der Waals surface area (Å²) in [5.74, 6) is 0.0160. The molecule has 0 bridgehead atoms. The van der Waals surface area contributed by atoms with Crippen molar-refractivity contribution in [2.24, 2.45) is 7.05 Å². The zero-order chi connectivity index (χ0) is 19.0. The number of hydrogen-bond acceptors (Lipinski definition) is 6. The first-order chi connectivity index (χ1) is 13.0. The third kappa shape index (κ3) is 3.20. The van der Waals surface area contributed by atoms with Crippen molar-refractivity contribution in [2.45, 2.75) is 6.92 Å². The summed E-state index contributed by atoms with van der Waals surface area (Å²) in [6.45, 7) is 1.76. The minimum absolute atomic E-state index is 0.127. The lowest BCUT2D eigenvalue weighted by Crippen LogP contribution is -2.23. The van der Waals surface area contributed by atoms with Crippen LogP contribution in [0.5, 0.6) is 0 Å². The van der Waals surface area contributed by atoms with Crippen LogP contribution in [0.3, 0.4) is 0 Å². The number of anilines is 1. The normalized spacial score (nSPS) is 10.9. The zero-order valence-electron chi connectivity index (χ0n) is 14.6. The van der Waals surface area contributed by atoms with Gasteiger partial charge in [-0.05, 0) is 31.2 Å². The van der Waals surface area contributed by atoms with E-state index in [4.69, 9.17) is 4.42 Å². The monoisotopic (exact) mass is 361 g/mol. The number of fused-ring (bicyclic) bond motifs is 1. The number of amides is 1. The van der Waals surface area contributed by atoms with Crippen molar-refractivity contribution in [1.82, 2.24) is 19.7 Å². The molecule has 8 heteroatoms. The van der Waals surface area contributed by atoms with Crippen molar-refractivity contribution >= 4 is 22.8 Å². The highest BCUT2D eigenvalue weighted by Gasteiger charge is 2.15. The van der Waals surface area contributed by atoms with Gasteiger partial charge in [-0.1, -0.05) is 18.2 Å². The fourth-order valence-electron chi connectivity index (χ4n) is 2.59. The molecule has 1 amide bonds. The third-order valence-electron chi connectivity index (χ3n) is 4.04. The maximum Gasteiger partial charge on any atom is 0.276 e. The van der Waals surface area contributed by atoms with Crippen LogP contribution in [0.1, 0.15) is 16.2 Å². The molecule has 0 saturated carbocycles. The third-order valence-corrected chi connectivity index (χ3v) is 4.04.